The summed E-state index contributed by atoms with van der Waals surface area (Å²) >= 11 is 0. The molecule has 4 rings (SSSR count). The lowest BCUT2D eigenvalue weighted by atomic mass is 10.0. The van der Waals surface area contributed by atoms with E-state index in [1.165, 1.54) is 0 Å². The van der Waals surface area contributed by atoms with Crippen molar-refractivity contribution in [2.75, 3.05) is 6.54 Å². The van der Waals surface area contributed by atoms with Crippen LogP contribution in [0, 0.1) is 0 Å². The molecule has 1 aliphatic heterocycles. The number of hydrogen-bond acceptors (Lipinski definition) is 4. The third-order valence-corrected chi connectivity index (χ3v) is 4.45. The van der Waals surface area contributed by atoms with Gasteiger partial charge in [-0.15, -0.1) is 0 Å². The standard InChI is InChI=1S/C20H17N3O4/c24-17(21-9-8-12-4-2-1-3-5-12)13-6-7-16-14(10-13)11-15-18(25)22-20(26)23-19(15)27-16/h1-7,10H,8-9,11H2,(H,21,24)(H2,22,23,25,26). The van der Waals surface area contributed by atoms with E-state index < -0.39 is 11.2 Å². The summed E-state index contributed by atoms with van der Waals surface area (Å²) in [6, 6.07) is 15.0. The highest BCUT2D eigenvalue weighted by atomic mass is 16.5. The van der Waals surface area contributed by atoms with Gasteiger partial charge in [-0.25, -0.2) is 4.79 Å². The van der Waals surface area contributed by atoms with Crippen LogP contribution in [0.3, 0.4) is 0 Å². The van der Waals surface area contributed by atoms with Crippen LogP contribution >= 0.6 is 0 Å². The van der Waals surface area contributed by atoms with Gasteiger partial charge in [0.2, 0.25) is 5.88 Å². The van der Waals surface area contributed by atoms with E-state index in [1.54, 1.807) is 18.2 Å². The van der Waals surface area contributed by atoms with Crippen molar-refractivity contribution >= 4 is 5.91 Å². The van der Waals surface area contributed by atoms with Crippen LogP contribution in [0.15, 0.2) is 58.1 Å². The van der Waals surface area contributed by atoms with Crippen LogP contribution in [-0.2, 0) is 12.8 Å². The second-order valence-electron chi connectivity index (χ2n) is 6.31. The van der Waals surface area contributed by atoms with Crippen molar-refractivity contribution < 1.29 is 9.53 Å². The van der Waals surface area contributed by atoms with Crippen LogP contribution in [-0.4, -0.2) is 22.4 Å². The number of nitrogens with one attached hydrogen (secondary N) is 3. The number of benzene rings is 2. The van der Waals surface area contributed by atoms with E-state index in [4.69, 9.17) is 4.74 Å². The fourth-order valence-electron chi connectivity index (χ4n) is 3.07. The number of hydrogen-bond donors (Lipinski definition) is 3. The van der Waals surface area contributed by atoms with Gasteiger partial charge in [0, 0.05) is 24.1 Å². The molecule has 2 heterocycles. The molecule has 27 heavy (non-hydrogen) atoms. The van der Waals surface area contributed by atoms with Crippen LogP contribution in [0.2, 0.25) is 0 Å². The molecule has 0 radical (unpaired) electrons. The maximum absolute atomic E-state index is 12.4. The summed E-state index contributed by atoms with van der Waals surface area (Å²) in [7, 11) is 0. The zero-order chi connectivity index (χ0) is 18.8. The van der Waals surface area contributed by atoms with Crippen LogP contribution in [0.1, 0.15) is 27.0 Å². The molecule has 0 unspecified atom stereocenters. The maximum atomic E-state index is 12.4. The van der Waals surface area contributed by atoms with Crippen LogP contribution in [0.4, 0.5) is 0 Å². The summed E-state index contributed by atoms with van der Waals surface area (Å²) in [5, 5.41) is 2.90. The molecule has 0 fully saturated rings. The zero-order valence-corrected chi connectivity index (χ0v) is 14.4. The number of ether oxygens (including phenoxy) is 1. The fourth-order valence-corrected chi connectivity index (χ4v) is 3.07. The molecule has 0 spiro atoms. The summed E-state index contributed by atoms with van der Waals surface area (Å²) in [6.07, 6.45) is 1.03. The largest absolute Gasteiger partial charge is 0.440 e. The van der Waals surface area contributed by atoms with Crippen molar-refractivity contribution in [3.63, 3.8) is 0 Å². The molecule has 0 aliphatic carbocycles. The highest BCUT2D eigenvalue weighted by Crippen LogP contribution is 2.33. The first-order valence-corrected chi connectivity index (χ1v) is 8.58. The number of carbonyl (C=O) groups excluding carboxylic acids is 1. The third kappa shape index (κ3) is 3.52. The highest BCUT2D eigenvalue weighted by Gasteiger charge is 2.22. The lowest BCUT2D eigenvalue weighted by Crippen LogP contribution is -2.28. The molecule has 0 bridgehead atoms. The summed E-state index contributed by atoms with van der Waals surface area (Å²) in [5.74, 6) is 0.482. The van der Waals surface area contributed by atoms with E-state index in [0.717, 1.165) is 17.5 Å². The Morgan fingerprint density at radius 2 is 1.89 bits per heavy atom. The first-order chi connectivity index (χ1) is 13.1. The Morgan fingerprint density at radius 3 is 2.70 bits per heavy atom. The fraction of sp³-hybridized carbons (Fsp3) is 0.150. The second-order valence-corrected chi connectivity index (χ2v) is 6.31. The molecule has 0 atom stereocenters. The second kappa shape index (κ2) is 6.95. The van der Waals surface area contributed by atoms with Crippen molar-refractivity contribution in [3.8, 4) is 11.6 Å². The van der Waals surface area contributed by atoms with E-state index >= 15 is 0 Å². The van der Waals surface area contributed by atoms with Crippen molar-refractivity contribution in [1.82, 2.24) is 15.3 Å². The van der Waals surface area contributed by atoms with Gasteiger partial charge in [0.25, 0.3) is 11.5 Å². The minimum absolute atomic E-state index is 0.149. The van der Waals surface area contributed by atoms with Gasteiger partial charge in [-0.1, -0.05) is 30.3 Å². The van der Waals surface area contributed by atoms with E-state index in [-0.39, 0.29) is 18.2 Å². The molecule has 1 amide bonds. The topological polar surface area (TPSA) is 104 Å². The number of aromatic amines is 2. The van der Waals surface area contributed by atoms with E-state index in [1.807, 2.05) is 30.3 Å². The first kappa shape index (κ1) is 16.8. The summed E-state index contributed by atoms with van der Waals surface area (Å²) in [6.45, 7) is 0.528. The predicted octanol–water partition coefficient (Wildman–Crippen LogP) is 1.73. The number of H-pyrrole nitrogens is 2. The molecule has 0 saturated carbocycles. The maximum Gasteiger partial charge on any atom is 0.328 e. The molecule has 3 aromatic rings. The smallest absolute Gasteiger partial charge is 0.328 e. The van der Waals surface area contributed by atoms with Gasteiger partial charge in [0.05, 0.1) is 5.56 Å². The van der Waals surface area contributed by atoms with Gasteiger partial charge >= 0.3 is 5.69 Å². The van der Waals surface area contributed by atoms with Gasteiger partial charge in [0.15, 0.2) is 0 Å². The Morgan fingerprint density at radius 1 is 1.07 bits per heavy atom. The van der Waals surface area contributed by atoms with Gasteiger partial charge < -0.3 is 10.1 Å². The third-order valence-electron chi connectivity index (χ3n) is 4.45. The van der Waals surface area contributed by atoms with Gasteiger partial charge in [-0.3, -0.25) is 19.6 Å². The molecular formula is C20H17N3O4. The normalized spacial score (nSPS) is 11.9. The van der Waals surface area contributed by atoms with Crippen LogP contribution in [0.25, 0.3) is 0 Å². The van der Waals surface area contributed by atoms with Crippen molar-refractivity contribution in [1.29, 1.82) is 0 Å². The van der Waals surface area contributed by atoms with E-state index in [2.05, 4.69) is 15.3 Å². The average Bonchev–Trinajstić information content (AvgIpc) is 2.67. The molecule has 0 saturated heterocycles. The van der Waals surface area contributed by atoms with E-state index in [9.17, 15) is 14.4 Å². The monoisotopic (exact) mass is 363 g/mol. The molecule has 7 nitrogen and oxygen atoms in total. The number of rotatable bonds is 4. The molecule has 2 aromatic carbocycles. The molecule has 7 heteroatoms. The quantitative estimate of drug-likeness (QED) is 0.514. The van der Waals surface area contributed by atoms with Crippen LogP contribution in [0.5, 0.6) is 11.6 Å². The number of carbonyl (C=O) groups is 1. The Labute approximate surface area is 154 Å². The minimum Gasteiger partial charge on any atom is -0.440 e. The molecular weight excluding hydrogens is 346 g/mol. The number of aromatic nitrogens is 2. The minimum atomic E-state index is -0.614. The molecule has 3 N–H and O–H groups in total. The summed E-state index contributed by atoms with van der Waals surface area (Å²) in [5.41, 5.74) is 1.60. The van der Waals surface area contributed by atoms with Gasteiger partial charge in [-0.2, -0.15) is 0 Å². The van der Waals surface area contributed by atoms with Crippen molar-refractivity contribution in [2.24, 2.45) is 0 Å². The molecule has 136 valence electrons. The Kier molecular flexibility index (Phi) is 4.33. The summed E-state index contributed by atoms with van der Waals surface area (Å²) < 4.78 is 5.61. The summed E-state index contributed by atoms with van der Waals surface area (Å²) in [4.78, 5) is 40.4. The van der Waals surface area contributed by atoms with Crippen molar-refractivity contribution in [2.45, 2.75) is 12.8 Å². The predicted molar refractivity (Wildman–Crippen MR) is 99.5 cm³/mol. The lowest BCUT2D eigenvalue weighted by molar-refractivity contribution is 0.0954. The molecule has 1 aromatic heterocycles. The van der Waals surface area contributed by atoms with Gasteiger partial charge in [0.1, 0.15) is 5.75 Å². The zero-order valence-electron chi connectivity index (χ0n) is 14.4. The van der Waals surface area contributed by atoms with Gasteiger partial charge in [-0.05, 0) is 30.2 Å². The Bertz CT molecular complexity index is 1120. The van der Waals surface area contributed by atoms with Crippen LogP contribution < -0.4 is 21.3 Å². The Balaban J connectivity index is 1.48. The van der Waals surface area contributed by atoms with E-state index in [0.29, 0.717) is 23.4 Å². The first-order valence-electron chi connectivity index (χ1n) is 8.58. The average molecular weight is 363 g/mol. The molecule has 1 aliphatic rings. The highest BCUT2D eigenvalue weighted by molar-refractivity contribution is 5.94. The Hall–Kier alpha value is -3.61. The number of fused-ring (bicyclic) bond motifs is 2. The number of amides is 1. The SMILES string of the molecule is O=C(NCCc1ccccc1)c1ccc2c(c1)Cc1c([nH]c(=O)[nH]c1=O)O2. The van der Waals surface area contributed by atoms with Crippen molar-refractivity contribution in [3.05, 3.63) is 91.6 Å². The lowest BCUT2D eigenvalue weighted by Gasteiger charge is -2.19.